The Labute approximate surface area is 217 Å². The number of hydrogen-bond acceptors (Lipinski definition) is 5. The fraction of sp³-hybridized carbons (Fsp3) is 0.200. The van der Waals surface area contributed by atoms with Crippen molar-refractivity contribution in [1.82, 2.24) is 15.7 Å². The van der Waals surface area contributed by atoms with Gasteiger partial charge in [0.15, 0.2) is 0 Å². The molecule has 0 unspecified atom stereocenters. The van der Waals surface area contributed by atoms with E-state index in [0.717, 1.165) is 16.9 Å². The van der Waals surface area contributed by atoms with Crippen molar-refractivity contribution in [3.8, 4) is 5.75 Å². The normalized spacial score (nSPS) is 11.2. The van der Waals surface area contributed by atoms with Gasteiger partial charge in [-0.15, -0.1) is 5.12 Å². The maximum absolute atomic E-state index is 14.8. The van der Waals surface area contributed by atoms with Gasteiger partial charge in [-0.2, -0.15) is 5.12 Å². The second-order valence-corrected chi connectivity index (χ2v) is 8.85. The Balaban J connectivity index is 1.68. The molecule has 4 aromatic rings. The molecule has 0 amide bonds. The van der Waals surface area contributed by atoms with Crippen LogP contribution in [0.3, 0.4) is 0 Å². The summed E-state index contributed by atoms with van der Waals surface area (Å²) in [6, 6.07) is 29.1. The summed E-state index contributed by atoms with van der Waals surface area (Å²) in [5, 5.41) is 5.65. The smallest absolute Gasteiger partial charge is 0.127 e. The number of nitrogens with one attached hydrogen (secondary N) is 1. The number of halogens is 2. The van der Waals surface area contributed by atoms with Crippen LogP contribution in [0.25, 0.3) is 0 Å². The minimum Gasteiger partial charge on any atom is -0.497 e. The summed E-state index contributed by atoms with van der Waals surface area (Å²) < 4.78 is 34.2. The number of hydrogen-bond donors (Lipinski definition) is 1. The van der Waals surface area contributed by atoms with Gasteiger partial charge in [0, 0.05) is 19.2 Å². The molecule has 0 bridgehead atoms. The first-order chi connectivity index (χ1) is 17.9. The number of nitrogens with zero attached hydrogens (tertiary/aromatic N) is 3. The highest BCUT2D eigenvalue weighted by Gasteiger charge is 2.23. The van der Waals surface area contributed by atoms with Gasteiger partial charge in [0.2, 0.25) is 0 Å². The van der Waals surface area contributed by atoms with Crippen LogP contribution < -0.4 is 15.2 Å². The van der Waals surface area contributed by atoms with Gasteiger partial charge in [0.05, 0.1) is 25.9 Å². The van der Waals surface area contributed by atoms with E-state index in [9.17, 15) is 8.78 Å². The number of anilines is 1. The van der Waals surface area contributed by atoms with Gasteiger partial charge in [-0.3, -0.25) is 5.01 Å². The van der Waals surface area contributed by atoms with Crippen molar-refractivity contribution in [3.63, 3.8) is 0 Å². The highest BCUT2D eigenvalue weighted by atomic mass is 19.1. The lowest BCUT2D eigenvalue weighted by atomic mass is 10.1. The van der Waals surface area contributed by atoms with Crippen LogP contribution in [0.15, 0.2) is 97.1 Å². The zero-order chi connectivity index (χ0) is 26.2. The van der Waals surface area contributed by atoms with Crippen LogP contribution in [-0.2, 0) is 19.6 Å². The molecule has 0 aliphatic rings. The van der Waals surface area contributed by atoms with Crippen LogP contribution in [0.2, 0.25) is 0 Å². The molecule has 0 fully saturated rings. The molecule has 0 spiro atoms. The Morgan fingerprint density at radius 1 is 0.784 bits per heavy atom. The zero-order valence-corrected chi connectivity index (χ0v) is 21.4. The molecule has 0 saturated carbocycles. The van der Waals surface area contributed by atoms with Gasteiger partial charge in [-0.1, -0.05) is 66.2 Å². The first-order valence-electron chi connectivity index (χ1n) is 12.1. The predicted octanol–water partition coefficient (Wildman–Crippen LogP) is 6.26. The summed E-state index contributed by atoms with van der Waals surface area (Å²) >= 11 is 0. The monoisotopic (exact) mass is 502 g/mol. The molecule has 4 rings (SSSR count). The van der Waals surface area contributed by atoms with E-state index in [2.05, 4.69) is 29.7 Å². The Morgan fingerprint density at radius 2 is 1.49 bits per heavy atom. The summed E-state index contributed by atoms with van der Waals surface area (Å²) in [4.78, 5) is 0. The molecule has 0 aliphatic carbocycles. The highest BCUT2D eigenvalue weighted by molar-refractivity contribution is 5.44. The summed E-state index contributed by atoms with van der Waals surface area (Å²) in [6.45, 7) is 3.28. The van der Waals surface area contributed by atoms with Gasteiger partial charge >= 0.3 is 0 Å². The second-order valence-electron chi connectivity index (χ2n) is 8.85. The molecule has 0 radical (unpaired) electrons. The van der Waals surface area contributed by atoms with E-state index in [1.807, 2.05) is 65.6 Å². The first-order valence-corrected chi connectivity index (χ1v) is 12.1. The standard InChI is InChI=1S/C30H32F2N4O/c1-23-11-13-25(14-12-23)21-35(33-20-24-15-17-29(37-3)18-16-24)36(22-26-7-4-5-10-30(26)32)34(2)28-9-6-8-27(31)19-28/h4-19,33H,20-22H2,1-3H3. The fourth-order valence-electron chi connectivity index (χ4n) is 3.95. The maximum Gasteiger partial charge on any atom is 0.127 e. The lowest BCUT2D eigenvalue weighted by molar-refractivity contribution is -0.0941. The van der Waals surface area contributed by atoms with E-state index < -0.39 is 0 Å². The third kappa shape index (κ3) is 7.13. The number of aryl methyl sites for hydroxylation is 1. The lowest BCUT2D eigenvalue weighted by Gasteiger charge is -2.42. The van der Waals surface area contributed by atoms with Crippen molar-refractivity contribution in [2.45, 2.75) is 26.6 Å². The lowest BCUT2D eigenvalue weighted by Crippen LogP contribution is -2.56. The fourth-order valence-corrected chi connectivity index (χ4v) is 3.95. The van der Waals surface area contributed by atoms with Crippen molar-refractivity contribution in [3.05, 3.63) is 131 Å². The van der Waals surface area contributed by atoms with E-state index in [4.69, 9.17) is 4.74 Å². The van der Waals surface area contributed by atoms with Crippen molar-refractivity contribution < 1.29 is 13.5 Å². The maximum atomic E-state index is 14.8. The molecule has 5 nitrogen and oxygen atoms in total. The molecule has 1 N–H and O–H groups in total. The first kappa shape index (κ1) is 26.3. The molecule has 0 heterocycles. The average molecular weight is 503 g/mol. The minimum absolute atomic E-state index is 0.223. The van der Waals surface area contributed by atoms with Crippen LogP contribution in [0, 0.1) is 18.6 Å². The molecular weight excluding hydrogens is 470 g/mol. The highest BCUT2D eigenvalue weighted by Crippen LogP contribution is 2.22. The molecule has 192 valence electrons. The SMILES string of the molecule is COc1ccc(CNN(Cc2ccc(C)cc2)N(Cc2ccccc2F)N(C)c2cccc(F)c2)cc1. The van der Waals surface area contributed by atoms with E-state index in [1.54, 1.807) is 25.3 Å². The predicted molar refractivity (Wildman–Crippen MR) is 143 cm³/mol. The van der Waals surface area contributed by atoms with E-state index >= 15 is 0 Å². The van der Waals surface area contributed by atoms with E-state index in [1.165, 1.54) is 23.8 Å². The number of rotatable bonds is 11. The summed E-state index contributed by atoms with van der Waals surface area (Å²) in [5.74, 6) is 0.143. The van der Waals surface area contributed by atoms with Crippen LogP contribution in [-0.4, -0.2) is 24.4 Å². The van der Waals surface area contributed by atoms with Crippen LogP contribution in [0.1, 0.15) is 22.3 Å². The largest absolute Gasteiger partial charge is 0.497 e. The van der Waals surface area contributed by atoms with Crippen molar-refractivity contribution >= 4 is 5.69 Å². The van der Waals surface area contributed by atoms with Gasteiger partial charge in [-0.25, -0.2) is 14.2 Å². The second kappa shape index (κ2) is 12.5. The molecule has 37 heavy (non-hydrogen) atoms. The Morgan fingerprint density at radius 3 is 2.16 bits per heavy atom. The van der Waals surface area contributed by atoms with E-state index in [0.29, 0.717) is 24.3 Å². The van der Waals surface area contributed by atoms with Crippen LogP contribution in [0.4, 0.5) is 14.5 Å². The van der Waals surface area contributed by atoms with Gasteiger partial charge in [0.25, 0.3) is 0 Å². The number of methoxy groups -OCH3 is 1. The minimum atomic E-state index is -0.341. The molecule has 0 atom stereocenters. The van der Waals surface area contributed by atoms with E-state index in [-0.39, 0.29) is 18.2 Å². The molecular formula is C30H32F2N4O. The summed E-state index contributed by atoms with van der Waals surface area (Å²) in [7, 11) is 3.48. The van der Waals surface area contributed by atoms with Crippen LogP contribution >= 0.6 is 0 Å². The number of ether oxygens (including phenoxy) is 1. The third-order valence-electron chi connectivity index (χ3n) is 6.15. The number of benzene rings is 4. The van der Waals surface area contributed by atoms with Crippen molar-refractivity contribution in [1.29, 1.82) is 0 Å². The van der Waals surface area contributed by atoms with Gasteiger partial charge in [-0.05, 0) is 54.4 Å². The average Bonchev–Trinajstić information content (AvgIpc) is 2.92. The quantitative estimate of drug-likeness (QED) is 0.245. The molecule has 4 aromatic carbocycles. The molecule has 0 saturated heterocycles. The number of hydrazine groups is 3. The van der Waals surface area contributed by atoms with Gasteiger partial charge < -0.3 is 4.74 Å². The van der Waals surface area contributed by atoms with Crippen LogP contribution in [0.5, 0.6) is 5.75 Å². The molecule has 0 aliphatic heterocycles. The third-order valence-corrected chi connectivity index (χ3v) is 6.15. The molecule has 0 aromatic heterocycles. The summed E-state index contributed by atoms with van der Waals surface area (Å²) in [5.41, 5.74) is 7.94. The molecule has 7 heteroatoms. The Hall–Kier alpha value is -3.78. The van der Waals surface area contributed by atoms with Gasteiger partial charge in [0.1, 0.15) is 17.4 Å². The Bertz CT molecular complexity index is 1280. The van der Waals surface area contributed by atoms with Crippen molar-refractivity contribution in [2.24, 2.45) is 0 Å². The zero-order valence-electron chi connectivity index (χ0n) is 21.4. The Kier molecular flexibility index (Phi) is 8.85. The van der Waals surface area contributed by atoms with Crippen molar-refractivity contribution in [2.75, 3.05) is 19.2 Å². The summed E-state index contributed by atoms with van der Waals surface area (Å²) in [6.07, 6.45) is 0. The topological polar surface area (TPSA) is 31.0 Å².